The van der Waals surface area contributed by atoms with E-state index >= 15 is 0 Å². The number of imidazole rings is 1. The first-order valence-corrected chi connectivity index (χ1v) is 21.2. The second-order valence-corrected chi connectivity index (χ2v) is 16.8. The Balaban J connectivity index is 3.19. The SMILES string of the molecule is CC(C)C[C@H](NC(=O)[C@H](C)NC(=O)[C@H](CC(N)=O)NC(=O)[C@H](CCC(=O)O)NC(=O)[C@@H](NC(=O)[C@H](C)NC(=O)[C@@H](NC(=O)[C@H](Cc1cnc[nH]1)NC(=O)[C@@H](N)CO)C(C)C)C(C)C)C(=O)O. The summed E-state index contributed by atoms with van der Waals surface area (Å²) >= 11 is 0. The van der Waals surface area contributed by atoms with Gasteiger partial charge in [-0.1, -0.05) is 41.5 Å². The lowest BCUT2D eigenvalue weighted by atomic mass is 10.0. The van der Waals surface area contributed by atoms with Gasteiger partial charge in [-0.3, -0.25) is 47.9 Å². The first-order valence-electron chi connectivity index (χ1n) is 21.2. The van der Waals surface area contributed by atoms with E-state index < -0.39 is 157 Å². The van der Waals surface area contributed by atoms with E-state index in [0.717, 1.165) is 0 Å². The van der Waals surface area contributed by atoms with Gasteiger partial charge in [-0.25, -0.2) is 9.78 Å². The molecule has 0 unspecified atom stereocenters. The molecule has 0 bridgehead atoms. The van der Waals surface area contributed by atoms with E-state index in [1.165, 1.54) is 40.2 Å². The van der Waals surface area contributed by atoms with Crippen molar-refractivity contribution in [3.8, 4) is 0 Å². The number of hydrogen-bond acceptors (Lipinski definition) is 14. The summed E-state index contributed by atoms with van der Waals surface area (Å²) in [4.78, 5) is 148. The van der Waals surface area contributed by atoms with Crippen molar-refractivity contribution >= 4 is 65.1 Å². The van der Waals surface area contributed by atoms with Crippen molar-refractivity contribution in [1.29, 1.82) is 0 Å². The molecular formula is C40H66N12O14. The lowest BCUT2D eigenvalue weighted by Crippen LogP contribution is -2.61. The van der Waals surface area contributed by atoms with E-state index in [0.29, 0.717) is 5.69 Å². The number of aromatic amines is 1. The Bertz CT molecular complexity index is 1880. The second kappa shape index (κ2) is 27.6. The molecule has 0 saturated heterocycles. The number of nitrogens with zero attached hydrogens (tertiary/aromatic N) is 1. The summed E-state index contributed by atoms with van der Waals surface area (Å²) < 4.78 is 0. The molecule has 1 heterocycles. The molecule has 0 aliphatic heterocycles. The van der Waals surface area contributed by atoms with Crippen LogP contribution in [0.4, 0.5) is 0 Å². The molecule has 1 aromatic rings. The number of amides is 9. The summed E-state index contributed by atoms with van der Waals surface area (Å²) in [5, 5.41) is 47.3. The summed E-state index contributed by atoms with van der Waals surface area (Å²) in [5.41, 5.74) is 11.4. The van der Waals surface area contributed by atoms with E-state index in [1.54, 1.807) is 27.7 Å². The van der Waals surface area contributed by atoms with Gasteiger partial charge in [0.2, 0.25) is 53.2 Å². The average Bonchev–Trinajstić information content (AvgIpc) is 3.74. The zero-order valence-electron chi connectivity index (χ0n) is 38.3. The number of aromatic nitrogens is 2. The van der Waals surface area contributed by atoms with Gasteiger partial charge in [-0.15, -0.1) is 0 Å². The summed E-state index contributed by atoms with van der Waals surface area (Å²) in [7, 11) is 0. The normalized spacial score (nSPS) is 15.3. The first kappa shape index (κ1) is 57.3. The maximum absolute atomic E-state index is 13.7. The average molecular weight is 939 g/mol. The standard InChI is InChI=1S/C40H66N12O14/c1-17(2)11-27(40(65)66)50-32(57)20(7)45-36(61)26(13-28(42)54)49-35(60)24(9-10-29(55)56)47-39(64)31(19(5)6)51-33(58)21(8)46-38(63)30(18(3)4)52-37(62)25(12-22-14-43-16-44-22)48-34(59)23(41)15-53/h14,16-21,23-27,30-31,53H,9-13,15,41H2,1-8H3,(H2,42,54)(H,43,44)(H,45,61)(H,46,63)(H,47,64)(H,48,59)(H,49,60)(H,50,57)(H,51,58)(H,52,62)(H,55,56)(H,65,66)/t20-,21-,23-,24-,25-,26-,27-,30-,31-/m0/s1. The summed E-state index contributed by atoms with van der Waals surface area (Å²) in [6.45, 7) is 11.5. The highest BCUT2D eigenvalue weighted by Crippen LogP contribution is 2.10. The molecule has 370 valence electrons. The van der Waals surface area contributed by atoms with Gasteiger partial charge in [0.15, 0.2) is 0 Å². The number of carboxylic acid groups (broad SMARTS) is 2. The Morgan fingerprint density at radius 1 is 0.606 bits per heavy atom. The quantitative estimate of drug-likeness (QED) is 0.0359. The van der Waals surface area contributed by atoms with Crippen LogP contribution in [0.25, 0.3) is 0 Å². The van der Waals surface area contributed by atoms with Crippen LogP contribution in [-0.2, 0) is 59.2 Å². The fourth-order valence-corrected chi connectivity index (χ4v) is 6.01. The van der Waals surface area contributed by atoms with Crippen molar-refractivity contribution < 1.29 is 68.1 Å². The first-order chi connectivity index (χ1) is 30.7. The van der Waals surface area contributed by atoms with Crippen LogP contribution in [0.15, 0.2) is 12.5 Å². The Labute approximate surface area is 381 Å². The molecule has 0 aromatic carbocycles. The largest absolute Gasteiger partial charge is 0.481 e. The second-order valence-electron chi connectivity index (χ2n) is 16.8. The van der Waals surface area contributed by atoms with Crippen molar-refractivity contribution in [3.63, 3.8) is 0 Å². The van der Waals surface area contributed by atoms with E-state index in [9.17, 15) is 68.1 Å². The number of aliphatic hydroxyl groups is 1. The lowest BCUT2D eigenvalue weighted by Gasteiger charge is -2.29. The fourth-order valence-electron chi connectivity index (χ4n) is 6.01. The van der Waals surface area contributed by atoms with E-state index in [4.69, 9.17) is 11.5 Å². The van der Waals surface area contributed by atoms with Crippen LogP contribution in [0.2, 0.25) is 0 Å². The van der Waals surface area contributed by atoms with Gasteiger partial charge in [0.1, 0.15) is 54.4 Å². The number of aliphatic carboxylic acids is 2. The number of aliphatic hydroxyl groups excluding tert-OH is 1. The maximum atomic E-state index is 13.7. The molecule has 26 heteroatoms. The number of rotatable bonds is 29. The molecule has 9 atom stereocenters. The molecule has 0 aliphatic rings. The fraction of sp³-hybridized carbons (Fsp3) is 0.650. The van der Waals surface area contributed by atoms with Gasteiger partial charge < -0.3 is 74.3 Å². The molecule has 1 rings (SSSR count). The molecule has 26 nitrogen and oxygen atoms in total. The number of H-pyrrole nitrogens is 1. The highest BCUT2D eigenvalue weighted by atomic mass is 16.4. The van der Waals surface area contributed by atoms with E-state index in [-0.39, 0.29) is 18.8 Å². The molecule has 16 N–H and O–H groups in total. The van der Waals surface area contributed by atoms with Crippen LogP contribution >= 0.6 is 0 Å². The van der Waals surface area contributed by atoms with Crippen molar-refractivity contribution in [2.45, 2.75) is 142 Å². The number of nitrogens with one attached hydrogen (secondary N) is 9. The Kier molecular flexibility index (Phi) is 24.0. The van der Waals surface area contributed by atoms with Gasteiger partial charge >= 0.3 is 11.9 Å². The maximum Gasteiger partial charge on any atom is 0.326 e. The Hall–Kier alpha value is -6.70. The lowest BCUT2D eigenvalue weighted by molar-refractivity contribution is -0.143. The topological polar surface area (TPSA) is 425 Å². The molecule has 0 spiro atoms. The Morgan fingerprint density at radius 2 is 1.06 bits per heavy atom. The molecule has 0 fully saturated rings. The predicted octanol–water partition coefficient (Wildman–Crippen LogP) is -4.63. The van der Waals surface area contributed by atoms with E-state index in [2.05, 4.69) is 52.5 Å². The van der Waals surface area contributed by atoms with Gasteiger partial charge in [-0.05, 0) is 44.4 Å². The van der Waals surface area contributed by atoms with Gasteiger partial charge in [0.25, 0.3) is 0 Å². The minimum atomic E-state index is -1.75. The molecular weight excluding hydrogens is 873 g/mol. The monoisotopic (exact) mass is 938 g/mol. The minimum Gasteiger partial charge on any atom is -0.481 e. The Morgan fingerprint density at radius 3 is 1.53 bits per heavy atom. The number of carbonyl (C=O) groups is 11. The number of hydrogen-bond donors (Lipinski definition) is 14. The van der Waals surface area contributed by atoms with Crippen LogP contribution < -0.4 is 54.0 Å². The molecule has 0 radical (unpaired) electrons. The predicted molar refractivity (Wildman–Crippen MR) is 232 cm³/mol. The third kappa shape index (κ3) is 20.0. The number of primary amides is 1. The molecule has 66 heavy (non-hydrogen) atoms. The van der Waals surface area contributed by atoms with Crippen molar-refractivity contribution in [3.05, 3.63) is 18.2 Å². The third-order valence-electron chi connectivity index (χ3n) is 9.78. The molecule has 0 aliphatic carbocycles. The highest BCUT2D eigenvalue weighted by molar-refractivity contribution is 5.99. The van der Waals surface area contributed by atoms with Crippen LogP contribution in [-0.4, -0.2) is 151 Å². The van der Waals surface area contributed by atoms with Gasteiger partial charge in [0.05, 0.1) is 19.4 Å². The van der Waals surface area contributed by atoms with Gasteiger partial charge in [-0.2, -0.15) is 0 Å². The molecule has 1 aromatic heterocycles. The van der Waals surface area contributed by atoms with Crippen LogP contribution in [0.5, 0.6) is 0 Å². The van der Waals surface area contributed by atoms with Crippen LogP contribution in [0, 0.1) is 17.8 Å². The van der Waals surface area contributed by atoms with Crippen molar-refractivity contribution in [2.75, 3.05) is 6.61 Å². The number of carbonyl (C=O) groups excluding carboxylic acids is 9. The van der Waals surface area contributed by atoms with Crippen molar-refractivity contribution in [2.24, 2.45) is 29.2 Å². The summed E-state index contributed by atoms with van der Waals surface area (Å²) in [5.74, 6) is -12.6. The smallest absolute Gasteiger partial charge is 0.326 e. The van der Waals surface area contributed by atoms with Crippen LogP contribution in [0.1, 0.15) is 86.8 Å². The summed E-state index contributed by atoms with van der Waals surface area (Å²) in [6, 6.07) is -12.7. The highest BCUT2D eigenvalue weighted by Gasteiger charge is 2.36. The number of nitrogens with two attached hydrogens (primary N) is 2. The molecule has 0 saturated carbocycles. The minimum absolute atomic E-state index is 0.0753. The number of carboxylic acids is 2. The summed E-state index contributed by atoms with van der Waals surface area (Å²) in [6.07, 6.45) is 0.703. The third-order valence-corrected chi connectivity index (χ3v) is 9.78. The zero-order chi connectivity index (χ0) is 50.6. The van der Waals surface area contributed by atoms with Crippen LogP contribution in [0.3, 0.4) is 0 Å². The van der Waals surface area contributed by atoms with Crippen molar-refractivity contribution in [1.82, 2.24) is 52.5 Å². The molecule has 9 amide bonds. The zero-order valence-corrected chi connectivity index (χ0v) is 38.3. The van der Waals surface area contributed by atoms with Gasteiger partial charge in [0, 0.05) is 24.7 Å². The van der Waals surface area contributed by atoms with E-state index in [1.807, 2.05) is 0 Å².